The number of carbonyl (C=O) groups is 1. The summed E-state index contributed by atoms with van der Waals surface area (Å²) in [5.41, 5.74) is 2.35. The van der Waals surface area contributed by atoms with E-state index in [0.29, 0.717) is 29.1 Å². The molecule has 3 rings (SSSR count). The third kappa shape index (κ3) is 3.48. The van der Waals surface area contributed by atoms with Crippen LogP contribution >= 0.6 is 0 Å². The van der Waals surface area contributed by atoms with Gasteiger partial charge in [0.15, 0.2) is 0 Å². The van der Waals surface area contributed by atoms with Crippen molar-refractivity contribution in [1.29, 1.82) is 0 Å². The highest BCUT2D eigenvalue weighted by Crippen LogP contribution is 2.38. The maximum Gasteiger partial charge on any atom is 0.287 e. The number of aromatic nitrogens is 3. The number of phenolic OH excluding ortho intramolecular Hbond substituents is 2. The second-order valence-corrected chi connectivity index (χ2v) is 6.46. The van der Waals surface area contributed by atoms with Gasteiger partial charge in [0.25, 0.3) is 5.91 Å². The van der Waals surface area contributed by atoms with Crippen molar-refractivity contribution in [1.82, 2.24) is 19.9 Å². The highest BCUT2D eigenvalue weighted by molar-refractivity contribution is 5.92. The zero-order valence-corrected chi connectivity index (χ0v) is 15.5. The Bertz CT molecular complexity index is 965. The fourth-order valence-corrected chi connectivity index (χ4v) is 2.95. The second-order valence-electron chi connectivity index (χ2n) is 6.46. The summed E-state index contributed by atoms with van der Waals surface area (Å²) < 4.78 is 1.65. The maximum absolute atomic E-state index is 12.5. The zero-order valence-electron chi connectivity index (χ0n) is 15.5. The topological polar surface area (TPSA) is 100 Å². The Balaban J connectivity index is 2.26. The van der Waals surface area contributed by atoms with Gasteiger partial charge in [-0.1, -0.05) is 13.8 Å². The summed E-state index contributed by atoms with van der Waals surface area (Å²) in [6.45, 7) is 6.20. The lowest BCUT2D eigenvalue weighted by atomic mass is 9.97. The highest BCUT2D eigenvalue weighted by Gasteiger charge is 2.22. The predicted octanol–water partition coefficient (Wildman–Crippen LogP) is 3.22. The molecule has 0 bridgehead atoms. The molecule has 27 heavy (non-hydrogen) atoms. The van der Waals surface area contributed by atoms with Crippen LogP contribution in [-0.4, -0.2) is 37.2 Å². The number of nitrogens with zero attached hydrogens (tertiary/aromatic N) is 3. The summed E-state index contributed by atoms with van der Waals surface area (Å²) in [6, 6.07) is 6.61. The molecule has 0 aliphatic heterocycles. The van der Waals surface area contributed by atoms with Gasteiger partial charge in [-0.05, 0) is 36.6 Å². The molecule has 1 aromatic carbocycles. The lowest BCUT2D eigenvalue weighted by Gasteiger charge is -2.15. The van der Waals surface area contributed by atoms with Gasteiger partial charge in [0.05, 0.1) is 23.8 Å². The van der Waals surface area contributed by atoms with Gasteiger partial charge in [0.1, 0.15) is 11.5 Å². The van der Waals surface area contributed by atoms with Crippen LogP contribution < -0.4 is 5.32 Å². The van der Waals surface area contributed by atoms with E-state index >= 15 is 0 Å². The molecule has 0 unspecified atom stereocenters. The average molecular weight is 366 g/mol. The number of benzene rings is 1. The van der Waals surface area contributed by atoms with E-state index < -0.39 is 0 Å². The molecule has 1 amide bonds. The fourth-order valence-electron chi connectivity index (χ4n) is 2.95. The fraction of sp³-hybridized carbons (Fsp3) is 0.250. The smallest absolute Gasteiger partial charge is 0.287 e. The van der Waals surface area contributed by atoms with Crippen LogP contribution in [0.4, 0.5) is 0 Å². The van der Waals surface area contributed by atoms with E-state index in [0.717, 1.165) is 0 Å². The molecular weight excluding hydrogens is 344 g/mol. The molecule has 0 saturated heterocycles. The van der Waals surface area contributed by atoms with Crippen molar-refractivity contribution in [2.24, 2.45) is 0 Å². The summed E-state index contributed by atoms with van der Waals surface area (Å²) >= 11 is 0. The van der Waals surface area contributed by atoms with E-state index in [1.165, 1.54) is 12.3 Å². The third-order valence-corrected chi connectivity index (χ3v) is 4.25. The summed E-state index contributed by atoms with van der Waals surface area (Å²) in [5.74, 6) is -0.137. The lowest BCUT2D eigenvalue weighted by molar-refractivity contribution is 0.0944. The average Bonchev–Trinajstić information content (AvgIpc) is 3.07. The molecule has 0 radical (unpaired) electrons. The number of phenols is 2. The first-order valence-corrected chi connectivity index (χ1v) is 8.76. The van der Waals surface area contributed by atoms with Crippen molar-refractivity contribution in [3.05, 3.63) is 54.2 Å². The molecule has 0 saturated carbocycles. The Labute approximate surface area is 157 Å². The molecule has 7 nitrogen and oxygen atoms in total. The number of rotatable bonds is 5. The molecule has 2 aromatic heterocycles. The van der Waals surface area contributed by atoms with Crippen LogP contribution in [-0.2, 0) is 0 Å². The monoisotopic (exact) mass is 366 g/mol. The van der Waals surface area contributed by atoms with Gasteiger partial charge in [-0.25, -0.2) is 4.98 Å². The third-order valence-electron chi connectivity index (χ3n) is 4.25. The first-order chi connectivity index (χ1) is 12.9. The molecule has 2 heterocycles. The summed E-state index contributed by atoms with van der Waals surface area (Å²) in [7, 11) is 0. The predicted molar refractivity (Wildman–Crippen MR) is 102 cm³/mol. The van der Waals surface area contributed by atoms with Crippen molar-refractivity contribution >= 4 is 5.91 Å². The van der Waals surface area contributed by atoms with Crippen molar-refractivity contribution in [2.45, 2.75) is 26.7 Å². The first kappa shape index (κ1) is 18.4. The molecule has 0 spiro atoms. The molecule has 0 atom stereocenters. The molecule has 3 aromatic rings. The van der Waals surface area contributed by atoms with Crippen molar-refractivity contribution in [3.8, 4) is 28.4 Å². The minimum Gasteiger partial charge on any atom is -0.508 e. The minimum atomic E-state index is -0.324. The Morgan fingerprint density at radius 1 is 1.22 bits per heavy atom. The molecule has 140 valence electrons. The van der Waals surface area contributed by atoms with Crippen molar-refractivity contribution in [3.63, 3.8) is 0 Å². The molecular formula is C20H22N4O3. The Kier molecular flexibility index (Phi) is 5.12. The van der Waals surface area contributed by atoms with Gasteiger partial charge in [0, 0.05) is 24.4 Å². The number of carbonyl (C=O) groups excluding carboxylic acids is 1. The number of amides is 1. The Hall–Kier alpha value is -3.35. The Morgan fingerprint density at radius 2 is 2.00 bits per heavy atom. The SMILES string of the molecule is CCNC(=O)c1ncc(-c2cc(C(C)C)c(O)cc2O)n1-c1cccnc1. The van der Waals surface area contributed by atoms with E-state index in [1.807, 2.05) is 26.8 Å². The second kappa shape index (κ2) is 7.49. The highest BCUT2D eigenvalue weighted by atomic mass is 16.3. The number of hydrogen-bond acceptors (Lipinski definition) is 5. The normalized spacial score (nSPS) is 11.0. The van der Waals surface area contributed by atoms with Gasteiger partial charge >= 0.3 is 0 Å². The van der Waals surface area contributed by atoms with Crippen LogP contribution in [0, 0.1) is 0 Å². The quantitative estimate of drug-likeness (QED) is 0.644. The number of nitrogens with one attached hydrogen (secondary N) is 1. The van der Waals surface area contributed by atoms with Gasteiger partial charge in [0.2, 0.25) is 5.82 Å². The molecule has 3 N–H and O–H groups in total. The van der Waals surface area contributed by atoms with Crippen LogP contribution in [0.1, 0.15) is 42.9 Å². The van der Waals surface area contributed by atoms with Gasteiger partial charge in [-0.15, -0.1) is 0 Å². The van der Waals surface area contributed by atoms with E-state index in [9.17, 15) is 15.0 Å². The number of imidazole rings is 1. The minimum absolute atomic E-state index is 0.0302. The standard InChI is InChI=1S/C20H22N4O3/c1-4-22-20(27)19-23-11-16(24(19)13-6-5-7-21-10-13)15-8-14(12(2)3)17(25)9-18(15)26/h5-12,25-26H,4H2,1-3H3,(H,22,27). The molecule has 7 heteroatoms. The lowest BCUT2D eigenvalue weighted by Crippen LogP contribution is -2.26. The number of hydrogen-bond donors (Lipinski definition) is 3. The van der Waals surface area contributed by atoms with E-state index in [2.05, 4.69) is 15.3 Å². The van der Waals surface area contributed by atoms with Gasteiger partial charge in [-0.2, -0.15) is 0 Å². The van der Waals surface area contributed by atoms with Crippen LogP contribution in [0.2, 0.25) is 0 Å². The van der Waals surface area contributed by atoms with Gasteiger partial charge < -0.3 is 15.5 Å². The Morgan fingerprint density at radius 3 is 2.63 bits per heavy atom. The van der Waals surface area contributed by atoms with Crippen molar-refractivity contribution in [2.75, 3.05) is 6.54 Å². The molecule has 0 fully saturated rings. The maximum atomic E-state index is 12.5. The van der Waals surface area contributed by atoms with E-state index in [-0.39, 0.29) is 29.1 Å². The van der Waals surface area contributed by atoms with E-state index in [1.54, 1.807) is 29.1 Å². The summed E-state index contributed by atoms with van der Waals surface area (Å²) in [5, 5.41) is 23.3. The largest absolute Gasteiger partial charge is 0.508 e. The first-order valence-electron chi connectivity index (χ1n) is 8.76. The van der Waals surface area contributed by atoms with Gasteiger partial charge in [-0.3, -0.25) is 14.3 Å². The molecule has 0 aliphatic carbocycles. The zero-order chi connectivity index (χ0) is 19.6. The van der Waals surface area contributed by atoms with Crippen LogP contribution in [0.3, 0.4) is 0 Å². The van der Waals surface area contributed by atoms with E-state index in [4.69, 9.17) is 0 Å². The number of pyridine rings is 1. The van der Waals surface area contributed by atoms with Crippen LogP contribution in [0.25, 0.3) is 16.9 Å². The van der Waals surface area contributed by atoms with Crippen LogP contribution in [0.5, 0.6) is 11.5 Å². The summed E-state index contributed by atoms with van der Waals surface area (Å²) in [4.78, 5) is 20.9. The van der Waals surface area contributed by atoms with Crippen LogP contribution in [0.15, 0.2) is 42.9 Å². The molecule has 0 aliphatic rings. The van der Waals surface area contributed by atoms with Crippen molar-refractivity contribution < 1.29 is 15.0 Å². The summed E-state index contributed by atoms with van der Waals surface area (Å²) in [6.07, 6.45) is 4.79. The number of aromatic hydroxyl groups is 2.